The summed E-state index contributed by atoms with van der Waals surface area (Å²) in [6, 6.07) is -0.732. The van der Waals surface area contributed by atoms with Gasteiger partial charge in [0.1, 0.15) is 0 Å². The fourth-order valence-electron chi connectivity index (χ4n) is 0.615. The van der Waals surface area contributed by atoms with E-state index >= 15 is 0 Å². The molecule has 0 unspecified atom stereocenters. The zero-order valence-electron chi connectivity index (χ0n) is 5.89. The molecule has 0 aromatic carbocycles. The molecular weight excluding hydrogens is 132 g/mol. The molecule has 0 bridgehead atoms. The molecular formula is C6H13N2O2. The van der Waals surface area contributed by atoms with E-state index in [9.17, 15) is 4.79 Å². The van der Waals surface area contributed by atoms with Crippen molar-refractivity contribution in [2.75, 3.05) is 13.2 Å². The van der Waals surface area contributed by atoms with Gasteiger partial charge in [-0.15, -0.1) is 0 Å². The maximum atomic E-state index is 9.98. The number of unbranched alkanes of at least 4 members (excludes halogenated alkanes) is 2. The Morgan fingerprint density at radius 2 is 2.10 bits per heavy atom. The van der Waals surface area contributed by atoms with Gasteiger partial charge in [0.05, 0.1) is 0 Å². The molecule has 0 spiro atoms. The summed E-state index contributed by atoms with van der Waals surface area (Å²) in [4.78, 5) is 9.98. The van der Waals surface area contributed by atoms with E-state index in [4.69, 9.17) is 10.8 Å². The van der Waals surface area contributed by atoms with Crippen LogP contribution in [0.25, 0.3) is 0 Å². The summed E-state index contributed by atoms with van der Waals surface area (Å²) in [5.41, 5.74) is 6.46. The molecule has 0 rings (SSSR count). The van der Waals surface area contributed by atoms with E-state index in [1.807, 2.05) is 0 Å². The molecule has 0 aromatic heterocycles. The first-order valence-electron chi connectivity index (χ1n) is 3.37. The third kappa shape index (κ3) is 7.23. The van der Waals surface area contributed by atoms with E-state index in [1.54, 1.807) is 0 Å². The summed E-state index contributed by atoms with van der Waals surface area (Å²) < 4.78 is 0. The Labute approximate surface area is 60.4 Å². The highest BCUT2D eigenvalue weighted by Crippen LogP contribution is 1.91. The molecule has 59 valence electrons. The predicted molar refractivity (Wildman–Crippen MR) is 37.4 cm³/mol. The summed E-state index contributed by atoms with van der Waals surface area (Å²) in [5, 5.41) is 10.7. The van der Waals surface area contributed by atoms with Crippen LogP contribution in [0.2, 0.25) is 0 Å². The Kier molecular flexibility index (Phi) is 5.86. The molecule has 0 saturated heterocycles. The molecule has 0 aliphatic carbocycles. The minimum atomic E-state index is -0.732. The van der Waals surface area contributed by atoms with Gasteiger partial charge in [0.25, 0.3) is 0 Å². The van der Waals surface area contributed by atoms with Crippen molar-refractivity contribution in [3.05, 3.63) is 0 Å². The lowest BCUT2D eigenvalue weighted by molar-refractivity contribution is 0.247. The third-order valence-electron chi connectivity index (χ3n) is 1.12. The minimum Gasteiger partial charge on any atom is -0.396 e. The molecule has 10 heavy (non-hydrogen) atoms. The number of urea groups is 1. The van der Waals surface area contributed by atoms with Crippen molar-refractivity contribution in [3.63, 3.8) is 0 Å². The second-order valence-corrected chi connectivity index (χ2v) is 2.04. The molecule has 0 atom stereocenters. The summed E-state index contributed by atoms with van der Waals surface area (Å²) in [7, 11) is 0. The van der Waals surface area contributed by atoms with E-state index in [0.717, 1.165) is 19.3 Å². The molecule has 2 amide bonds. The number of carbonyl (C=O) groups is 1. The molecule has 0 aromatic rings. The fraction of sp³-hybridized carbons (Fsp3) is 0.833. The SMILES string of the molecule is [NH]C(=O)NCCCCCO. The average Bonchev–Trinajstić information content (AvgIpc) is 1.87. The van der Waals surface area contributed by atoms with Crippen molar-refractivity contribution in [1.82, 2.24) is 11.1 Å². The molecule has 1 radical (unpaired) electrons. The first kappa shape index (κ1) is 9.23. The Bertz CT molecular complexity index is 95.7. The van der Waals surface area contributed by atoms with Gasteiger partial charge in [0, 0.05) is 13.2 Å². The summed E-state index contributed by atoms with van der Waals surface area (Å²) in [6.45, 7) is 0.747. The number of hydrogen-bond donors (Lipinski definition) is 2. The number of nitrogens with one attached hydrogen (secondary N) is 2. The van der Waals surface area contributed by atoms with Gasteiger partial charge >= 0.3 is 6.03 Å². The topological polar surface area (TPSA) is 73.1 Å². The van der Waals surface area contributed by atoms with Crippen LogP contribution in [0.15, 0.2) is 0 Å². The van der Waals surface area contributed by atoms with Gasteiger partial charge in [0.15, 0.2) is 0 Å². The minimum absolute atomic E-state index is 0.203. The van der Waals surface area contributed by atoms with Gasteiger partial charge < -0.3 is 10.4 Å². The number of aliphatic hydroxyl groups is 1. The van der Waals surface area contributed by atoms with Crippen molar-refractivity contribution in [3.8, 4) is 0 Å². The second-order valence-electron chi connectivity index (χ2n) is 2.04. The molecule has 0 aliphatic rings. The number of rotatable bonds is 5. The van der Waals surface area contributed by atoms with Crippen LogP contribution in [0, 0.1) is 0 Å². The van der Waals surface area contributed by atoms with Crippen LogP contribution in [-0.2, 0) is 0 Å². The van der Waals surface area contributed by atoms with E-state index in [-0.39, 0.29) is 6.61 Å². The van der Waals surface area contributed by atoms with Crippen LogP contribution in [0.1, 0.15) is 19.3 Å². The normalized spacial score (nSPS) is 9.30. The van der Waals surface area contributed by atoms with Gasteiger partial charge in [-0.05, 0) is 19.3 Å². The van der Waals surface area contributed by atoms with Gasteiger partial charge in [-0.2, -0.15) is 0 Å². The Morgan fingerprint density at radius 3 is 2.60 bits per heavy atom. The van der Waals surface area contributed by atoms with Crippen molar-refractivity contribution in [1.29, 1.82) is 0 Å². The zero-order chi connectivity index (χ0) is 7.82. The number of amides is 2. The summed E-state index contributed by atoms with van der Waals surface area (Å²) in [6.07, 6.45) is 2.51. The largest absolute Gasteiger partial charge is 0.396 e. The highest BCUT2D eigenvalue weighted by atomic mass is 16.2. The maximum absolute atomic E-state index is 9.98. The molecule has 0 saturated carbocycles. The van der Waals surface area contributed by atoms with Gasteiger partial charge in [-0.1, -0.05) is 0 Å². The highest BCUT2D eigenvalue weighted by Gasteiger charge is 1.90. The Morgan fingerprint density at radius 1 is 1.40 bits per heavy atom. The van der Waals surface area contributed by atoms with Crippen molar-refractivity contribution in [2.45, 2.75) is 19.3 Å². The fourth-order valence-corrected chi connectivity index (χ4v) is 0.615. The molecule has 0 fully saturated rings. The van der Waals surface area contributed by atoms with Crippen LogP contribution in [-0.4, -0.2) is 24.3 Å². The monoisotopic (exact) mass is 145 g/mol. The molecule has 4 heteroatoms. The van der Waals surface area contributed by atoms with Crippen molar-refractivity contribution < 1.29 is 9.90 Å². The van der Waals surface area contributed by atoms with E-state index in [1.165, 1.54) is 0 Å². The van der Waals surface area contributed by atoms with Crippen LogP contribution in [0.5, 0.6) is 0 Å². The van der Waals surface area contributed by atoms with Gasteiger partial charge in [0.2, 0.25) is 0 Å². The van der Waals surface area contributed by atoms with E-state index in [2.05, 4.69) is 5.32 Å². The maximum Gasteiger partial charge on any atom is 0.333 e. The summed E-state index contributed by atoms with van der Waals surface area (Å²) >= 11 is 0. The number of carbonyl (C=O) groups excluding carboxylic acids is 1. The average molecular weight is 145 g/mol. The lowest BCUT2D eigenvalue weighted by Gasteiger charge is -1.98. The van der Waals surface area contributed by atoms with Crippen molar-refractivity contribution >= 4 is 6.03 Å². The van der Waals surface area contributed by atoms with Gasteiger partial charge in [-0.25, -0.2) is 10.5 Å². The van der Waals surface area contributed by atoms with Gasteiger partial charge in [-0.3, -0.25) is 0 Å². The van der Waals surface area contributed by atoms with Crippen molar-refractivity contribution in [2.24, 2.45) is 0 Å². The highest BCUT2D eigenvalue weighted by molar-refractivity contribution is 5.70. The van der Waals surface area contributed by atoms with Crippen LogP contribution >= 0.6 is 0 Å². The lowest BCUT2D eigenvalue weighted by atomic mass is 10.2. The summed E-state index contributed by atoms with van der Waals surface area (Å²) in [5.74, 6) is 0. The first-order chi connectivity index (χ1) is 4.77. The Hall–Kier alpha value is -0.770. The predicted octanol–water partition coefficient (Wildman–Crippen LogP) is 0.141. The van der Waals surface area contributed by atoms with Crippen LogP contribution < -0.4 is 11.1 Å². The number of aliphatic hydroxyl groups excluding tert-OH is 1. The van der Waals surface area contributed by atoms with E-state index < -0.39 is 6.03 Å². The van der Waals surface area contributed by atoms with Crippen LogP contribution in [0.3, 0.4) is 0 Å². The number of hydrogen-bond acceptors (Lipinski definition) is 2. The zero-order valence-corrected chi connectivity index (χ0v) is 5.89. The molecule has 0 aliphatic heterocycles. The third-order valence-corrected chi connectivity index (χ3v) is 1.12. The molecule has 0 heterocycles. The van der Waals surface area contributed by atoms with E-state index in [0.29, 0.717) is 6.54 Å². The molecule has 3 N–H and O–H groups in total. The smallest absolute Gasteiger partial charge is 0.333 e. The second kappa shape index (κ2) is 6.35. The standard InChI is InChI=1S/C6H13N2O2/c7-6(10)8-4-2-1-3-5-9/h7,9H,1-5H2,(H,8,10). The lowest BCUT2D eigenvalue weighted by Crippen LogP contribution is -2.23. The first-order valence-corrected chi connectivity index (χ1v) is 3.37. The quantitative estimate of drug-likeness (QED) is 0.540. The Balaban J connectivity index is 2.84. The molecule has 4 nitrogen and oxygen atoms in total. The van der Waals surface area contributed by atoms with Crippen LogP contribution in [0.4, 0.5) is 4.79 Å².